The van der Waals surface area contributed by atoms with Crippen molar-refractivity contribution < 1.29 is 18.4 Å². The van der Waals surface area contributed by atoms with Crippen molar-refractivity contribution in [3.8, 4) is 17.6 Å². The lowest BCUT2D eigenvalue weighted by molar-refractivity contribution is 0.0734. The minimum absolute atomic E-state index is 0.0139. The monoisotopic (exact) mass is 443 g/mol. The fraction of sp³-hybridized carbons (Fsp3) is 0.391. The van der Waals surface area contributed by atoms with Crippen LogP contribution in [0.4, 0.5) is 0 Å². The SMILES string of the molecule is CCCCCCCCOc1ccc(C(=O)Oc2ccc(C#N)cc2)cc1.C[SiH2]O[SiH3]. The van der Waals surface area contributed by atoms with Crippen LogP contribution in [0.25, 0.3) is 0 Å². The van der Waals surface area contributed by atoms with Gasteiger partial charge < -0.3 is 13.6 Å². The molecule has 0 spiro atoms. The van der Waals surface area contributed by atoms with Gasteiger partial charge in [-0.3, -0.25) is 0 Å². The molecule has 0 saturated heterocycles. The number of nitrogens with zero attached hydrogens (tertiary/aromatic N) is 1. The number of nitriles is 1. The lowest BCUT2D eigenvalue weighted by Gasteiger charge is -2.08. The summed E-state index contributed by atoms with van der Waals surface area (Å²) in [5, 5.41) is 8.77. The summed E-state index contributed by atoms with van der Waals surface area (Å²) >= 11 is 0. The Morgan fingerprint density at radius 2 is 1.53 bits per heavy atom. The minimum Gasteiger partial charge on any atom is -0.494 e. The number of carbonyl (C=O) groups excluding carboxylic acids is 1. The zero-order chi connectivity index (χ0) is 22.0. The van der Waals surface area contributed by atoms with Crippen LogP contribution in [0.1, 0.15) is 61.4 Å². The van der Waals surface area contributed by atoms with E-state index >= 15 is 0 Å². The third-order valence-corrected chi connectivity index (χ3v) is 6.65. The molecule has 2 aromatic carbocycles. The van der Waals surface area contributed by atoms with Gasteiger partial charge in [0, 0.05) is 0 Å². The van der Waals surface area contributed by atoms with Crippen LogP contribution in [0, 0.1) is 11.3 Å². The van der Waals surface area contributed by atoms with Gasteiger partial charge in [-0.25, -0.2) is 4.79 Å². The Hall–Kier alpha value is -2.41. The molecule has 0 aromatic heterocycles. The molecule has 30 heavy (non-hydrogen) atoms. The molecular weight excluding hydrogens is 410 g/mol. The molecule has 0 unspecified atom stereocenters. The number of benzene rings is 2. The van der Waals surface area contributed by atoms with E-state index in [1.54, 1.807) is 48.5 Å². The first-order chi connectivity index (χ1) is 14.6. The van der Waals surface area contributed by atoms with Gasteiger partial charge in [-0.05, 0) is 55.0 Å². The topological polar surface area (TPSA) is 68.5 Å². The molecule has 0 aliphatic rings. The Morgan fingerprint density at radius 1 is 0.967 bits per heavy atom. The predicted molar refractivity (Wildman–Crippen MR) is 127 cm³/mol. The second kappa shape index (κ2) is 16.4. The number of unbranched alkanes of at least 4 members (excludes halogenated alkanes) is 5. The smallest absolute Gasteiger partial charge is 0.343 e. The normalized spacial score (nSPS) is 10.3. The molecule has 0 aliphatic carbocycles. The van der Waals surface area contributed by atoms with E-state index in [1.807, 2.05) is 6.07 Å². The van der Waals surface area contributed by atoms with Crippen molar-refractivity contribution in [3.05, 3.63) is 59.7 Å². The van der Waals surface area contributed by atoms with E-state index in [1.165, 1.54) is 32.1 Å². The van der Waals surface area contributed by atoms with Crippen molar-refractivity contribution in [3.63, 3.8) is 0 Å². The van der Waals surface area contributed by atoms with Crippen LogP contribution < -0.4 is 9.47 Å². The third-order valence-electron chi connectivity index (χ3n) is 4.34. The van der Waals surface area contributed by atoms with E-state index in [4.69, 9.17) is 18.9 Å². The highest BCUT2D eigenvalue weighted by Crippen LogP contribution is 2.17. The highest BCUT2D eigenvalue weighted by atomic mass is 28.3. The maximum absolute atomic E-state index is 12.1. The van der Waals surface area contributed by atoms with E-state index in [2.05, 4.69) is 13.5 Å². The molecule has 0 radical (unpaired) electrons. The maximum atomic E-state index is 12.1. The van der Waals surface area contributed by atoms with Crippen LogP contribution in [-0.2, 0) is 4.12 Å². The number of hydrogen-bond donors (Lipinski definition) is 0. The zero-order valence-electron chi connectivity index (χ0n) is 18.4. The van der Waals surface area contributed by atoms with Crippen molar-refractivity contribution in [1.29, 1.82) is 5.26 Å². The summed E-state index contributed by atoms with van der Waals surface area (Å²) < 4.78 is 15.8. The second-order valence-electron chi connectivity index (χ2n) is 6.74. The third kappa shape index (κ3) is 11.0. The molecule has 2 aromatic rings. The standard InChI is InChI=1S/C22H25NO3.CH8OSi2/c1-2-3-4-5-6-7-16-25-20-14-10-19(11-15-20)22(24)26-21-12-8-18(17-23)9-13-21;1-4-2-3/h8-15H,2-7,16H2,1H3;4H2,1,3H3. The molecule has 0 N–H and O–H groups in total. The van der Waals surface area contributed by atoms with Gasteiger partial charge in [-0.1, -0.05) is 45.6 Å². The second-order valence-corrected chi connectivity index (χ2v) is 9.63. The molecule has 7 heteroatoms. The quantitative estimate of drug-likeness (QED) is 0.228. The van der Waals surface area contributed by atoms with Gasteiger partial charge in [0.05, 0.1) is 23.8 Å². The first-order valence-electron chi connectivity index (χ1n) is 10.6. The van der Waals surface area contributed by atoms with Crippen molar-refractivity contribution in [2.45, 2.75) is 52.0 Å². The van der Waals surface area contributed by atoms with Crippen LogP contribution in [0.5, 0.6) is 11.5 Å². The van der Waals surface area contributed by atoms with Crippen LogP contribution in [0.15, 0.2) is 48.5 Å². The molecule has 2 rings (SSSR count). The fourth-order valence-electron chi connectivity index (χ4n) is 2.52. The Bertz CT molecular complexity index is 756. The lowest BCUT2D eigenvalue weighted by atomic mass is 10.1. The summed E-state index contributed by atoms with van der Waals surface area (Å²) in [6.45, 7) is 5.04. The van der Waals surface area contributed by atoms with Gasteiger partial charge in [0.15, 0.2) is 0 Å². The van der Waals surface area contributed by atoms with E-state index < -0.39 is 5.97 Å². The van der Waals surface area contributed by atoms with E-state index in [0.717, 1.165) is 22.7 Å². The summed E-state index contributed by atoms with van der Waals surface area (Å²) in [6, 6.07) is 15.4. The molecule has 0 fully saturated rings. The van der Waals surface area contributed by atoms with Crippen molar-refractivity contribution >= 4 is 26.2 Å². The molecular formula is C23H33NO4Si2. The summed E-state index contributed by atoms with van der Waals surface area (Å²) in [7, 11) is 0.938. The fourth-order valence-corrected chi connectivity index (χ4v) is 2.52. The Kier molecular flexibility index (Phi) is 14.0. The van der Waals surface area contributed by atoms with Crippen molar-refractivity contribution in [2.24, 2.45) is 0 Å². The summed E-state index contributed by atoms with van der Waals surface area (Å²) in [6.07, 6.45) is 7.36. The van der Waals surface area contributed by atoms with E-state index in [-0.39, 0.29) is 9.76 Å². The summed E-state index contributed by atoms with van der Waals surface area (Å²) in [4.78, 5) is 12.1. The van der Waals surface area contributed by atoms with Gasteiger partial charge in [0.25, 0.3) is 0 Å². The summed E-state index contributed by atoms with van der Waals surface area (Å²) in [5.74, 6) is 0.739. The predicted octanol–water partition coefficient (Wildman–Crippen LogP) is 3.93. The van der Waals surface area contributed by atoms with E-state index in [9.17, 15) is 4.79 Å². The summed E-state index contributed by atoms with van der Waals surface area (Å²) in [5.41, 5.74) is 0.984. The van der Waals surface area contributed by atoms with Crippen molar-refractivity contribution in [1.82, 2.24) is 0 Å². The molecule has 0 amide bonds. The molecule has 0 atom stereocenters. The van der Waals surface area contributed by atoms with E-state index in [0.29, 0.717) is 23.5 Å². The van der Waals surface area contributed by atoms with Gasteiger partial charge >= 0.3 is 5.97 Å². The van der Waals surface area contributed by atoms with Crippen LogP contribution in [0.2, 0.25) is 6.55 Å². The molecule has 0 bridgehead atoms. The highest BCUT2D eigenvalue weighted by Gasteiger charge is 2.09. The molecule has 162 valence electrons. The molecule has 0 aliphatic heterocycles. The molecule has 0 saturated carbocycles. The largest absolute Gasteiger partial charge is 0.494 e. The number of esters is 1. The Labute approximate surface area is 185 Å². The Morgan fingerprint density at radius 3 is 2.10 bits per heavy atom. The number of carbonyl (C=O) groups is 1. The van der Waals surface area contributed by atoms with Crippen molar-refractivity contribution in [2.75, 3.05) is 6.61 Å². The number of rotatable bonds is 11. The lowest BCUT2D eigenvalue weighted by Crippen LogP contribution is -2.08. The average molecular weight is 444 g/mol. The highest BCUT2D eigenvalue weighted by molar-refractivity contribution is 6.32. The van der Waals surface area contributed by atoms with Gasteiger partial charge in [0.2, 0.25) is 0 Å². The van der Waals surface area contributed by atoms with Gasteiger partial charge in [-0.2, -0.15) is 5.26 Å². The van der Waals surface area contributed by atoms with Crippen LogP contribution in [0.3, 0.4) is 0 Å². The average Bonchev–Trinajstić information content (AvgIpc) is 2.79. The van der Waals surface area contributed by atoms with Crippen LogP contribution >= 0.6 is 0 Å². The first kappa shape index (κ1) is 25.6. The Balaban J connectivity index is 0.00000103. The number of hydrogen-bond acceptors (Lipinski definition) is 5. The molecule has 0 heterocycles. The van der Waals surface area contributed by atoms with Crippen LogP contribution in [-0.4, -0.2) is 32.8 Å². The molecule has 5 nitrogen and oxygen atoms in total. The maximum Gasteiger partial charge on any atom is 0.343 e. The minimum atomic E-state index is -0.433. The number of ether oxygens (including phenoxy) is 2. The zero-order valence-corrected chi connectivity index (χ0v) is 21.8. The van der Waals surface area contributed by atoms with Gasteiger partial charge in [0.1, 0.15) is 31.7 Å². The van der Waals surface area contributed by atoms with Gasteiger partial charge in [-0.15, -0.1) is 0 Å². The first-order valence-corrected chi connectivity index (χ1v) is 13.4.